The molecule has 1 heterocycles. The lowest BCUT2D eigenvalue weighted by atomic mass is 9.84. The Morgan fingerprint density at radius 1 is 1.42 bits per heavy atom. The van der Waals surface area contributed by atoms with E-state index in [-0.39, 0.29) is 42.7 Å². The third kappa shape index (κ3) is 3.04. The van der Waals surface area contributed by atoms with Gasteiger partial charge in [0.1, 0.15) is 5.82 Å². The van der Waals surface area contributed by atoms with E-state index in [1.807, 2.05) is 0 Å². The van der Waals surface area contributed by atoms with Crippen LogP contribution in [0.4, 0.5) is 0 Å². The van der Waals surface area contributed by atoms with Gasteiger partial charge < -0.3 is 16.0 Å². The van der Waals surface area contributed by atoms with Crippen LogP contribution in [0, 0.1) is 17.8 Å². The molecule has 19 heavy (non-hydrogen) atoms. The molecule has 0 aliphatic heterocycles. The van der Waals surface area contributed by atoms with Gasteiger partial charge in [-0.1, -0.05) is 0 Å². The van der Waals surface area contributed by atoms with Crippen LogP contribution in [0.25, 0.3) is 0 Å². The zero-order valence-corrected chi connectivity index (χ0v) is 12.2. The van der Waals surface area contributed by atoms with Gasteiger partial charge in [0.25, 0.3) is 0 Å². The summed E-state index contributed by atoms with van der Waals surface area (Å²) in [6, 6.07) is 0.0605. The molecule has 0 spiro atoms. The first-order valence-corrected chi connectivity index (χ1v) is 6.27. The maximum Gasteiger partial charge on any atom is 0.225 e. The van der Waals surface area contributed by atoms with Crippen molar-refractivity contribution in [1.29, 1.82) is 0 Å². The number of H-pyrrole nitrogens is 1. The molecule has 4 atom stereocenters. The number of nitrogens with two attached hydrogens (primary N) is 1. The molecule has 1 amide bonds. The Hall–Kier alpha value is -0.780. The molecule has 4 unspecified atom stereocenters. The number of rotatable bonds is 3. The van der Waals surface area contributed by atoms with Crippen molar-refractivity contribution in [2.24, 2.45) is 23.5 Å². The number of carbonyl (C=O) groups excluding carboxylic acids is 1. The number of aromatic nitrogens is 2. The predicted molar refractivity (Wildman–Crippen MR) is 77.2 cm³/mol. The van der Waals surface area contributed by atoms with Gasteiger partial charge in [0, 0.05) is 18.4 Å². The zero-order chi connectivity index (χ0) is 11.8. The minimum Gasteiger partial charge on any atom is -0.349 e. The number of carbonyl (C=O) groups is 1. The van der Waals surface area contributed by atoms with E-state index >= 15 is 0 Å². The van der Waals surface area contributed by atoms with Gasteiger partial charge in [-0.25, -0.2) is 4.98 Å². The maximum atomic E-state index is 12.1. The van der Waals surface area contributed by atoms with Crippen LogP contribution in [0.5, 0.6) is 0 Å². The molecule has 0 radical (unpaired) electrons. The molecule has 2 aliphatic carbocycles. The van der Waals surface area contributed by atoms with Crippen molar-refractivity contribution in [2.75, 3.05) is 0 Å². The Morgan fingerprint density at radius 2 is 2.16 bits per heavy atom. The fourth-order valence-corrected chi connectivity index (χ4v) is 3.41. The minimum absolute atomic E-state index is 0. The summed E-state index contributed by atoms with van der Waals surface area (Å²) in [5.74, 6) is 1.98. The Kier molecular flexibility index (Phi) is 5.64. The van der Waals surface area contributed by atoms with Gasteiger partial charge in [-0.3, -0.25) is 4.79 Å². The summed E-state index contributed by atoms with van der Waals surface area (Å²) < 4.78 is 0. The predicted octanol–water partition coefficient (Wildman–Crippen LogP) is 1.24. The summed E-state index contributed by atoms with van der Waals surface area (Å²) in [7, 11) is 0. The number of amides is 1. The number of halogens is 2. The fraction of sp³-hybridized carbons (Fsp3) is 0.667. The van der Waals surface area contributed by atoms with Crippen LogP contribution in [0.1, 0.15) is 25.1 Å². The molecule has 1 aromatic heterocycles. The van der Waals surface area contributed by atoms with Gasteiger partial charge in [-0.2, -0.15) is 0 Å². The van der Waals surface area contributed by atoms with Crippen LogP contribution >= 0.6 is 24.8 Å². The van der Waals surface area contributed by atoms with Crippen molar-refractivity contribution >= 4 is 30.7 Å². The molecule has 2 aliphatic rings. The highest BCUT2D eigenvalue weighted by molar-refractivity contribution is 5.85. The van der Waals surface area contributed by atoms with Crippen LogP contribution in [0.2, 0.25) is 0 Å². The topological polar surface area (TPSA) is 83.8 Å². The van der Waals surface area contributed by atoms with Crippen LogP contribution in [0.3, 0.4) is 0 Å². The Labute approximate surface area is 124 Å². The minimum atomic E-state index is 0. The number of nitrogens with one attached hydrogen (secondary N) is 2. The molecule has 2 fully saturated rings. The van der Waals surface area contributed by atoms with Crippen molar-refractivity contribution in [2.45, 2.75) is 31.8 Å². The second kappa shape index (κ2) is 6.59. The number of hydrogen-bond donors (Lipinski definition) is 3. The van der Waals surface area contributed by atoms with Gasteiger partial charge in [0.2, 0.25) is 5.91 Å². The normalized spacial score (nSPS) is 31.4. The first-order chi connectivity index (χ1) is 8.25. The molecule has 0 saturated heterocycles. The van der Waals surface area contributed by atoms with E-state index in [4.69, 9.17) is 5.73 Å². The zero-order valence-electron chi connectivity index (χ0n) is 10.5. The van der Waals surface area contributed by atoms with E-state index in [1.54, 1.807) is 12.4 Å². The lowest BCUT2D eigenvalue weighted by Crippen LogP contribution is -2.45. The first-order valence-electron chi connectivity index (χ1n) is 6.27. The number of aromatic amines is 1. The highest BCUT2D eigenvalue weighted by Crippen LogP contribution is 2.47. The molecule has 1 aromatic rings. The van der Waals surface area contributed by atoms with Gasteiger partial charge in [-0.05, 0) is 31.1 Å². The Balaban J connectivity index is 0.000000902. The van der Waals surface area contributed by atoms with Crippen LogP contribution in [0.15, 0.2) is 12.4 Å². The smallest absolute Gasteiger partial charge is 0.225 e. The van der Waals surface area contributed by atoms with Crippen molar-refractivity contribution < 1.29 is 4.79 Å². The summed E-state index contributed by atoms with van der Waals surface area (Å²) in [5, 5.41) is 2.93. The lowest BCUT2D eigenvalue weighted by molar-refractivity contribution is -0.127. The Bertz CT molecular complexity index is 410. The standard InChI is InChI=1S/C12H18N4O.2ClH/c13-11-8-2-1-7(5-8)10(11)12(17)16-6-9-14-3-4-15-9;;/h3-4,7-8,10-11H,1-2,5-6,13H2,(H,14,15)(H,16,17);2*1H. The summed E-state index contributed by atoms with van der Waals surface area (Å²) >= 11 is 0. The number of nitrogens with zero attached hydrogens (tertiary/aromatic N) is 1. The molecule has 7 heteroatoms. The molecular formula is C12H20Cl2N4O. The lowest BCUT2D eigenvalue weighted by Gasteiger charge is -2.26. The number of imidazole rings is 1. The van der Waals surface area contributed by atoms with E-state index < -0.39 is 0 Å². The van der Waals surface area contributed by atoms with E-state index in [1.165, 1.54) is 6.42 Å². The van der Waals surface area contributed by atoms with E-state index in [0.717, 1.165) is 18.7 Å². The second-order valence-corrected chi connectivity index (χ2v) is 5.19. The fourth-order valence-electron chi connectivity index (χ4n) is 3.41. The monoisotopic (exact) mass is 306 g/mol. The van der Waals surface area contributed by atoms with E-state index in [9.17, 15) is 4.79 Å². The highest BCUT2D eigenvalue weighted by Gasteiger charge is 2.48. The van der Waals surface area contributed by atoms with Crippen molar-refractivity contribution in [3.63, 3.8) is 0 Å². The average Bonchev–Trinajstić information content (AvgIpc) is 3.02. The molecule has 3 rings (SSSR count). The van der Waals surface area contributed by atoms with Crippen LogP contribution in [-0.2, 0) is 11.3 Å². The number of fused-ring (bicyclic) bond motifs is 2. The van der Waals surface area contributed by atoms with Gasteiger partial charge >= 0.3 is 0 Å². The van der Waals surface area contributed by atoms with Crippen molar-refractivity contribution in [3.8, 4) is 0 Å². The molecule has 2 bridgehead atoms. The third-order valence-electron chi connectivity index (χ3n) is 4.27. The number of hydrogen-bond acceptors (Lipinski definition) is 3. The van der Waals surface area contributed by atoms with Crippen molar-refractivity contribution in [1.82, 2.24) is 15.3 Å². The summed E-state index contributed by atoms with van der Waals surface area (Å²) in [6.45, 7) is 0.465. The second-order valence-electron chi connectivity index (χ2n) is 5.19. The van der Waals surface area contributed by atoms with Crippen LogP contribution < -0.4 is 11.1 Å². The summed E-state index contributed by atoms with van der Waals surface area (Å²) in [5.41, 5.74) is 6.13. The highest BCUT2D eigenvalue weighted by atomic mass is 35.5. The summed E-state index contributed by atoms with van der Waals surface area (Å²) in [4.78, 5) is 19.2. The van der Waals surface area contributed by atoms with Crippen LogP contribution in [-0.4, -0.2) is 21.9 Å². The molecule has 108 valence electrons. The average molecular weight is 307 g/mol. The van der Waals surface area contributed by atoms with Gasteiger partial charge in [0.05, 0.1) is 12.5 Å². The summed E-state index contributed by atoms with van der Waals surface area (Å²) in [6.07, 6.45) is 6.94. The third-order valence-corrected chi connectivity index (χ3v) is 4.27. The van der Waals surface area contributed by atoms with Crippen molar-refractivity contribution in [3.05, 3.63) is 18.2 Å². The quantitative estimate of drug-likeness (QED) is 0.785. The Morgan fingerprint density at radius 3 is 2.74 bits per heavy atom. The van der Waals surface area contributed by atoms with Gasteiger partial charge in [0.15, 0.2) is 0 Å². The first kappa shape index (κ1) is 16.3. The van der Waals surface area contributed by atoms with E-state index in [0.29, 0.717) is 18.4 Å². The largest absolute Gasteiger partial charge is 0.349 e. The van der Waals surface area contributed by atoms with E-state index in [2.05, 4.69) is 15.3 Å². The molecule has 2 saturated carbocycles. The molecule has 0 aromatic carbocycles. The molecule has 5 nitrogen and oxygen atoms in total. The molecular weight excluding hydrogens is 287 g/mol. The maximum absolute atomic E-state index is 12.1. The molecule has 4 N–H and O–H groups in total. The SMILES string of the molecule is Cl.Cl.NC1C2CCC(C2)C1C(=O)NCc1ncc[nH]1. The van der Waals surface area contributed by atoms with Gasteiger partial charge in [-0.15, -0.1) is 24.8 Å².